The van der Waals surface area contributed by atoms with E-state index >= 15 is 0 Å². The summed E-state index contributed by atoms with van der Waals surface area (Å²) in [6.45, 7) is 15.1. The summed E-state index contributed by atoms with van der Waals surface area (Å²) in [5.74, 6) is 1.39. The van der Waals surface area contributed by atoms with E-state index in [0.29, 0.717) is 11.8 Å². The number of rotatable bonds is 9. The third-order valence-electron chi connectivity index (χ3n) is 3.77. The summed E-state index contributed by atoms with van der Waals surface area (Å²) in [5, 5.41) is 0. The van der Waals surface area contributed by atoms with Crippen molar-refractivity contribution in [2.24, 2.45) is 16.8 Å². The van der Waals surface area contributed by atoms with E-state index in [0.717, 1.165) is 12.1 Å². The van der Waals surface area contributed by atoms with Gasteiger partial charge in [-0.25, -0.2) is 0 Å². The van der Waals surface area contributed by atoms with Crippen LogP contribution in [-0.4, -0.2) is 12.8 Å². The molecule has 0 spiro atoms. The Morgan fingerprint density at radius 3 is 2.76 bits per heavy atom. The first kappa shape index (κ1) is 17.4. The zero-order valence-electron chi connectivity index (χ0n) is 13.8. The lowest BCUT2D eigenvalue weighted by Crippen LogP contribution is -1.86. The number of unbranched alkanes of at least 4 members (excludes halogenated alkanes) is 1. The highest BCUT2D eigenvalue weighted by Crippen LogP contribution is 2.45. The monoisotopic (exact) mass is 283 g/mol. The Balaban J connectivity index is 2.43. The van der Waals surface area contributed by atoms with Gasteiger partial charge in [-0.3, -0.25) is 4.99 Å². The number of hydrogen-bond donors (Lipinski definition) is 0. The Labute approximate surface area is 130 Å². The fourth-order valence-corrected chi connectivity index (χ4v) is 2.28. The molecule has 0 amide bonds. The molecule has 2 unspecified atom stereocenters. The van der Waals surface area contributed by atoms with Gasteiger partial charge in [-0.15, -0.1) is 0 Å². The van der Waals surface area contributed by atoms with Crippen molar-refractivity contribution in [1.82, 2.24) is 0 Å². The van der Waals surface area contributed by atoms with Crippen LogP contribution in [0.2, 0.25) is 0 Å². The topological polar surface area (TPSA) is 12.4 Å². The van der Waals surface area contributed by atoms with E-state index in [4.69, 9.17) is 0 Å². The highest BCUT2D eigenvalue weighted by atomic mass is 14.7. The van der Waals surface area contributed by atoms with Gasteiger partial charge in [0.25, 0.3) is 0 Å². The van der Waals surface area contributed by atoms with Crippen molar-refractivity contribution in [1.29, 1.82) is 0 Å². The lowest BCUT2D eigenvalue weighted by atomic mass is 10.1. The summed E-state index contributed by atoms with van der Waals surface area (Å²) in [6.07, 6.45) is 16.1. The molecule has 0 N–H and O–H groups in total. The summed E-state index contributed by atoms with van der Waals surface area (Å²) in [6, 6.07) is 0. The first-order chi connectivity index (χ1) is 10.1. The second kappa shape index (κ2) is 9.33. The van der Waals surface area contributed by atoms with Crippen LogP contribution in [0.1, 0.15) is 40.0 Å². The minimum Gasteiger partial charge on any atom is -0.293 e. The summed E-state index contributed by atoms with van der Waals surface area (Å²) in [5.41, 5.74) is 3.69. The number of aliphatic imine (C=N–C) groups is 1. The van der Waals surface area contributed by atoms with E-state index in [1.54, 1.807) is 6.08 Å². The fraction of sp³-hybridized carbons (Fsp3) is 0.450. The lowest BCUT2D eigenvalue weighted by molar-refractivity contribution is 0.810. The molecule has 1 rings (SSSR count). The standard InChI is InChI=1S/C20H29N/c1-6-8-12-21-15-17(4)13-19-14-20(19)18(5)11-9-10-16(3)7-2/h7,9-11,13,15,19-20H,2-3,6,8,12,14H2,1,4-5H3/b10-9+,17-13+,18-11+,21-15?. The van der Waals surface area contributed by atoms with Crippen LogP contribution in [0.5, 0.6) is 0 Å². The van der Waals surface area contributed by atoms with Crippen LogP contribution in [0.3, 0.4) is 0 Å². The van der Waals surface area contributed by atoms with Crippen molar-refractivity contribution in [3.05, 3.63) is 60.3 Å². The van der Waals surface area contributed by atoms with Gasteiger partial charge in [-0.1, -0.05) is 62.5 Å². The zero-order chi connectivity index (χ0) is 15.7. The third-order valence-corrected chi connectivity index (χ3v) is 3.77. The van der Waals surface area contributed by atoms with Gasteiger partial charge in [0.05, 0.1) is 0 Å². The number of allylic oxidation sites excluding steroid dienone is 8. The summed E-state index contributed by atoms with van der Waals surface area (Å²) in [7, 11) is 0. The van der Waals surface area contributed by atoms with Gasteiger partial charge >= 0.3 is 0 Å². The highest BCUT2D eigenvalue weighted by molar-refractivity contribution is 5.77. The van der Waals surface area contributed by atoms with E-state index in [1.807, 2.05) is 12.3 Å². The predicted octanol–water partition coefficient (Wildman–Crippen LogP) is 5.68. The van der Waals surface area contributed by atoms with Gasteiger partial charge in [0.2, 0.25) is 0 Å². The Hall–Kier alpha value is -1.63. The van der Waals surface area contributed by atoms with Crippen LogP contribution in [0.15, 0.2) is 65.2 Å². The molecule has 1 fully saturated rings. The molecule has 0 heterocycles. The molecule has 21 heavy (non-hydrogen) atoms. The first-order valence-corrected chi connectivity index (χ1v) is 7.93. The Bertz CT molecular complexity index is 474. The van der Waals surface area contributed by atoms with E-state index in [2.05, 4.69) is 57.1 Å². The van der Waals surface area contributed by atoms with Crippen molar-refractivity contribution >= 4 is 6.21 Å². The number of nitrogens with zero attached hydrogens (tertiary/aromatic N) is 1. The molecule has 2 atom stereocenters. The van der Waals surface area contributed by atoms with Crippen molar-refractivity contribution in [2.45, 2.75) is 40.0 Å². The molecule has 1 saturated carbocycles. The molecule has 0 radical (unpaired) electrons. The maximum Gasteiger partial charge on any atom is 0.0389 e. The Morgan fingerprint density at radius 2 is 2.10 bits per heavy atom. The summed E-state index contributed by atoms with van der Waals surface area (Å²) >= 11 is 0. The largest absolute Gasteiger partial charge is 0.293 e. The van der Waals surface area contributed by atoms with Crippen molar-refractivity contribution < 1.29 is 0 Å². The van der Waals surface area contributed by atoms with Gasteiger partial charge in [0, 0.05) is 12.8 Å². The zero-order valence-corrected chi connectivity index (χ0v) is 13.8. The highest BCUT2D eigenvalue weighted by Gasteiger charge is 2.35. The van der Waals surface area contributed by atoms with Crippen LogP contribution in [0.25, 0.3) is 0 Å². The van der Waals surface area contributed by atoms with E-state index in [9.17, 15) is 0 Å². The first-order valence-electron chi connectivity index (χ1n) is 7.93. The second-order valence-electron chi connectivity index (χ2n) is 5.85. The van der Waals surface area contributed by atoms with E-state index < -0.39 is 0 Å². The summed E-state index contributed by atoms with van der Waals surface area (Å²) in [4.78, 5) is 4.45. The van der Waals surface area contributed by atoms with Gasteiger partial charge in [0.15, 0.2) is 0 Å². The molecule has 0 saturated heterocycles. The Kier molecular flexibility index (Phi) is 7.74. The molecule has 1 aliphatic rings. The van der Waals surface area contributed by atoms with Gasteiger partial charge in [-0.05, 0) is 49.7 Å². The van der Waals surface area contributed by atoms with Crippen molar-refractivity contribution in [3.63, 3.8) is 0 Å². The van der Waals surface area contributed by atoms with Gasteiger partial charge in [0.1, 0.15) is 0 Å². The molecule has 1 nitrogen and oxygen atoms in total. The quantitative estimate of drug-likeness (QED) is 0.293. The number of hydrogen-bond acceptors (Lipinski definition) is 1. The van der Waals surface area contributed by atoms with Gasteiger partial charge in [-0.2, -0.15) is 0 Å². The average molecular weight is 283 g/mol. The Morgan fingerprint density at radius 1 is 1.33 bits per heavy atom. The van der Waals surface area contributed by atoms with Crippen LogP contribution >= 0.6 is 0 Å². The molecule has 0 aliphatic heterocycles. The van der Waals surface area contributed by atoms with E-state index in [1.165, 1.54) is 30.4 Å². The smallest absolute Gasteiger partial charge is 0.0389 e. The minimum atomic E-state index is 0.690. The molecule has 0 aromatic carbocycles. The van der Waals surface area contributed by atoms with Crippen LogP contribution in [0, 0.1) is 11.8 Å². The molecule has 0 bridgehead atoms. The maximum atomic E-state index is 4.45. The maximum absolute atomic E-state index is 4.45. The van der Waals surface area contributed by atoms with Gasteiger partial charge < -0.3 is 0 Å². The van der Waals surface area contributed by atoms with E-state index in [-0.39, 0.29) is 0 Å². The lowest BCUT2D eigenvalue weighted by Gasteiger charge is -1.97. The predicted molar refractivity (Wildman–Crippen MR) is 95.9 cm³/mol. The molecule has 1 heteroatoms. The third kappa shape index (κ3) is 7.08. The average Bonchev–Trinajstić information content (AvgIpc) is 3.22. The second-order valence-corrected chi connectivity index (χ2v) is 5.85. The van der Waals surface area contributed by atoms with Crippen molar-refractivity contribution in [3.8, 4) is 0 Å². The van der Waals surface area contributed by atoms with Crippen LogP contribution in [-0.2, 0) is 0 Å². The summed E-state index contributed by atoms with van der Waals surface area (Å²) < 4.78 is 0. The molecule has 0 aromatic rings. The molecule has 1 aliphatic carbocycles. The molecular weight excluding hydrogens is 254 g/mol. The molecule has 114 valence electrons. The fourth-order valence-electron chi connectivity index (χ4n) is 2.28. The minimum absolute atomic E-state index is 0.690. The molecular formula is C20H29N. The SMILES string of the molecule is C=CC(=C)/C=C/C=C(\C)C1CC1/C=C(\C)C=NCCCC. The van der Waals surface area contributed by atoms with Crippen LogP contribution in [0.4, 0.5) is 0 Å². The van der Waals surface area contributed by atoms with Crippen LogP contribution < -0.4 is 0 Å². The van der Waals surface area contributed by atoms with Crippen molar-refractivity contribution in [2.75, 3.05) is 6.54 Å². The normalized spacial score (nSPS) is 23.0. The molecule has 0 aromatic heterocycles.